The van der Waals surface area contributed by atoms with Crippen LogP contribution in [0.1, 0.15) is 56.7 Å². The summed E-state index contributed by atoms with van der Waals surface area (Å²) in [6.07, 6.45) is 2.27. The van der Waals surface area contributed by atoms with Crippen LogP contribution in [0.15, 0.2) is 40.8 Å². The van der Waals surface area contributed by atoms with Crippen molar-refractivity contribution >= 4 is 52.0 Å². The molecule has 0 bridgehead atoms. The smallest absolute Gasteiger partial charge is 0.168 e. The number of rotatable bonds is 6. The summed E-state index contributed by atoms with van der Waals surface area (Å²) in [5.41, 5.74) is 4.37. The van der Waals surface area contributed by atoms with Crippen molar-refractivity contribution in [1.29, 1.82) is 0 Å². The van der Waals surface area contributed by atoms with Crippen molar-refractivity contribution in [3.8, 4) is 0 Å². The monoisotopic (exact) mass is 391 g/mol. The van der Waals surface area contributed by atoms with Gasteiger partial charge in [-0.05, 0) is 31.9 Å². The first kappa shape index (κ1) is 22.7. The fourth-order valence-electron chi connectivity index (χ4n) is 4.19. The SMILES string of the molecule is CCCC(=NOCC)C1=C(O)CC(c2c(C)c3ccccc3n2C)CC1=O.[Na]. The van der Waals surface area contributed by atoms with E-state index < -0.39 is 0 Å². The first-order valence-corrected chi connectivity index (χ1v) is 9.67. The molecule has 1 unspecified atom stereocenters. The van der Waals surface area contributed by atoms with Gasteiger partial charge in [-0.15, -0.1) is 0 Å². The molecule has 0 saturated carbocycles. The van der Waals surface area contributed by atoms with Gasteiger partial charge in [0.1, 0.15) is 12.4 Å². The number of aliphatic hydroxyl groups excluding tert-OH is 1. The summed E-state index contributed by atoms with van der Waals surface area (Å²) in [5, 5.41) is 16.0. The average Bonchev–Trinajstić information content (AvgIpc) is 2.90. The Bertz CT molecular complexity index is 888. The Hall–Kier alpha value is -1.56. The molecular formula is C22H28N2NaO3. The standard InChI is InChI=1S/C22H28N2O3.Na/c1-5-9-17(23-27-6-2)21-19(25)12-15(13-20(21)26)22-14(3)16-10-7-8-11-18(16)24(22)4;/h7-8,10-11,15,25H,5-6,9,12-13H2,1-4H3;. The van der Waals surface area contributed by atoms with Crippen LogP contribution in [0.3, 0.4) is 0 Å². The molecule has 0 fully saturated rings. The number of fused-ring (bicyclic) bond motifs is 1. The molecule has 0 aliphatic heterocycles. The minimum atomic E-state index is -0.0553. The molecular weight excluding hydrogens is 363 g/mol. The van der Waals surface area contributed by atoms with Gasteiger partial charge in [-0.1, -0.05) is 36.7 Å². The second-order valence-electron chi connectivity index (χ2n) is 7.14. The topological polar surface area (TPSA) is 63.8 Å². The van der Waals surface area contributed by atoms with Gasteiger partial charge in [-0.2, -0.15) is 0 Å². The number of nitrogens with zero attached hydrogens (tertiary/aromatic N) is 2. The first-order valence-electron chi connectivity index (χ1n) is 9.67. The van der Waals surface area contributed by atoms with Crippen molar-refractivity contribution in [2.45, 2.75) is 52.4 Å². The van der Waals surface area contributed by atoms with Crippen LogP contribution < -0.4 is 0 Å². The molecule has 0 spiro atoms. The molecule has 1 aliphatic rings. The number of aryl methyl sites for hydroxylation is 2. The summed E-state index contributed by atoms with van der Waals surface area (Å²) in [7, 11) is 2.03. The van der Waals surface area contributed by atoms with Crippen LogP contribution in [0, 0.1) is 6.92 Å². The predicted octanol–water partition coefficient (Wildman–Crippen LogP) is 4.56. The van der Waals surface area contributed by atoms with E-state index in [9.17, 15) is 9.90 Å². The van der Waals surface area contributed by atoms with E-state index >= 15 is 0 Å². The second-order valence-corrected chi connectivity index (χ2v) is 7.14. The number of aliphatic hydroxyl groups is 1. The molecule has 1 aliphatic carbocycles. The number of ketones is 1. The summed E-state index contributed by atoms with van der Waals surface area (Å²) in [6, 6.07) is 8.25. The number of aromatic nitrogens is 1. The van der Waals surface area contributed by atoms with Crippen molar-refractivity contribution < 1.29 is 14.7 Å². The van der Waals surface area contributed by atoms with Crippen LogP contribution in [-0.4, -0.2) is 57.3 Å². The molecule has 2 aromatic rings. The number of hydrogen-bond donors (Lipinski definition) is 1. The van der Waals surface area contributed by atoms with Crippen LogP contribution in [0.25, 0.3) is 10.9 Å². The number of benzene rings is 1. The molecule has 5 nitrogen and oxygen atoms in total. The van der Waals surface area contributed by atoms with Crippen LogP contribution >= 0.6 is 0 Å². The van der Waals surface area contributed by atoms with Crippen LogP contribution in [0.5, 0.6) is 0 Å². The van der Waals surface area contributed by atoms with Crippen molar-refractivity contribution in [1.82, 2.24) is 4.57 Å². The number of oxime groups is 1. The third-order valence-corrected chi connectivity index (χ3v) is 5.32. The van der Waals surface area contributed by atoms with Gasteiger partial charge in [0, 0.05) is 72.0 Å². The number of para-hydroxylation sites is 1. The predicted molar refractivity (Wildman–Crippen MR) is 114 cm³/mol. The van der Waals surface area contributed by atoms with Crippen molar-refractivity contribution in [2.24, 2.45) is 12.2 Å². The molecule has 1 radical (unpaired) electrons. The minimum absolute atomic E-state index is 0. The Kier molecular flexibility index (Phi) is 7.93. The van der Waals surface area contributed by atoms with Gasteiger partial charge in [0.15, 0.2) is 5.78 Å². The third kappa shape index (κ3) is 4.22. The number of carbonyl (C=O) groups excluding carboxylic acids is 1. The number of carbonyl (C=O) groups is 1. The summed E-state index contributed by atoms with van der Waals surface area (Å²) in [4.78, 5) is 18.1. The first-order chi connectivity index (χ1) is 13.0. The zero-order valence-electron chi connectivity index (χ0n) is 17.6. The summed E-state index contributed by atoms with van der Waals surface area (Å²) in [5.74, 6) is 0.0433. The van der Waals surface area contributed by atoms with Gasteiger partial charge in [0.05, 0.1) is 11.3 Å². The molecule has 0 amide bonds. The Balaban J connectivity index is 0.00000280. The maximum absolute atomic E-state index is 12.9. The third-order valence-electron chi connectivity index (χ3n) is 5.32. The molecule has 1 aromatic carbocycles. The zero-order chi connectivity index (χ0) is 19.6. The van der Waals surface area contributed by atoms with E-state index in [4.69, 9.17) is 4.84 Å². The summed E-state index contributed by atoms with van der Waals surface area (Å²) >= 11 is 0. The zero-order valence-corrected chi connectivity index (χ0v) is 19.6. The van der Waals surface area contributed by atoms with Gasteiger partial charge in [0.2, 0.25) is 0 Å². The van der Waals surface area contributed by atoms with Crippen molar-refractivity contribution in [3.05, 3.63) is 46.9 Å². The van der Waals surface area contributed by atoms with Crippen LogP contribution in [0.4, 0.5) is 0 Å². The Morgan fingerprint density at radius 3 is 2.61 bits per heavy atom. The largest absolute Gasteiger partial charge is 0.511 e. The Morgan fingerprint density at radius 2 is 2.00 bits per heavy atom. The normalized spacial score (nSPS) is 17.8. The van der Waals surface area contributed by atoms with Gasteiger partial charge in [-0.25, -0.2) is 0 Å². The molecule has 1 atom stereocenters. The molecule has 6 heteroatoms. The van der Waals surface area contributed by atoms with Gasteiger partial charge < -0.3 is 14.5 Å². The van der Waals surface area contributed by atoms with Crippen molar-refractivity contribution in [3.63, 3.8) is 0 Å². The maximum Gasteiger partial charge on any atom is 0.168 e. The molecule has 1 heterocycles. The van der Waals surface area contributed by atoms with Gasteiger partial charge >= 0.3 is 0 Å². The van der Waals surface area contributed by atoms with E-state index in [2.05, 4.69) is 28.8 Å². The number of Topliss-reactive ketones (excluding diaryl/α,β-unsaturated/α-hetero) is 1. The summed E-state index contributed by atoms with van der Waals surface area (Å²) < 4.78 is 2.15. The van der Waals surface area contributed by atoms with Crippen LogP contribution in [0.2, 0.25) is 0 Å². The second kappa shape index (κ2) is 9.77. The van der Waals surface area contributed by atoms with Gasteiger partial charge in [-0.3, -0.25) is 4.79 Å². The fraction of sp³-hybridized carbons (Fsp3) is 0.455. The molecule has 3 rings (SSSR count). The number of allylic oxidation sites excluding steroid dienone is 2. The Morgan fingerprint density at radius 1 is 1.29 bits per heavy atom. The van der Waals surface area contributed by atoms with Crippen LogP contribution in [-0.2, 0) is 16.7 Å². The van der Waals surface area contributed by atoms with E-state index in [1.165, 1.54) is 10.9 Å². The Labute approximate surface area is 188 Å². The molecule has 145 valence electrons. The number of hydrogen-bond acceptors (Lipinski definition) is 4. The molecule has 1 N–H and O–H groups in total. The maximum atomic E-state index is 12.9. The van der Waals surface area contributed by atoms with Gasteiger partial charge in [0.25, 0.3) is 0 Å². The van der Waals surface area contributed by atoms with E-state index in [1.807, 2.05) is 33.0 Å². The minimum Gasteiger partial charge on any atom is -0.511 e. The molecule has 1 aromatic heterocycles. The van der Waals surface area contributed by atoms with E-state index in [0.29, 0.717) is 37.2 Å². The summed E-state index contributed by atoms with van der Waals surface area (Å²) in [6.45, 7) is 6.40. The van der Waals surface area contributed by atoms with E-state index in [1.54, 1.807) is 0 Å². The van der Waals surface area contributed by atoms with Crippen molar-refractivity contribution in [2.75, 3.05) is 6.61 Å². The van der Waals surface area contributed by atoms with E-state index in [0.717, 1.165) is 17.6 Å². The molecule has 0 saturated heterocycles. The van der Waals surface area contributed by atoms with E-state index in [-0.39, 0.29) is 47.0 Å². The average molecular weight is 391 g/mol. The quantitative estimate of drug-likeness (QED) is 0.446. The molecule has 28 heavy (non-hydrogen) atoms. The fourth-order valence-corrected chi connectivity index (χ4v) is 4.19.